The average molecular weight is 308 g/mol. The molecule has 0 N–H and O–H groups in total. The highest BCUT2D eigenvalue weighted by Gasteiger charge is 2.24. The van der Waals surface area contributed by atoms with E-state index in [0.717, 1.165) is 22.2 Å². The van der Waals surface area contributed by atoms with Crippen LogP contribution in [0.5, 0.6) is 0 Å². The second kappa shape index (κ2) is 4.63. The first-order valence-corrected chi connectivity index (χ1v) is 7.02. The van der Waals surface area contributed by atoms with Gasteiger partial charge in [-0.25, -0.2) is 0 Å². The van der Waals surface area contributed by atoms with Gasteiger partial charge in [0.15, 0.2) is 6.10 Å². The van der Waals surface area contributed by atoms with Gasteiger partial charge in [-0.1, -0.05) is 39.3 Å². The zero-order valence-corrected chi connectivity index (χ0v) is 11.4. The monoisotopic (exact) mass is 307 g/mol. The molecule has 2 aromatic rings. The molecule has 1 atom stereocenters. The molecule has 0 fully saturated rings. The van der Waals surface area contributed by atoms with Crippen molar-refractivity contribution >= 4 is 33.0 Å². The Morgan fingerprint density at radius 1 is 1.24 bits per heavy atom. The van der Waals surface area contributed by atoms with Gasteiger partial charge in [0.25, 0.3) is 0 Å². The molecule has 1 aliphatic heterocycles. The number of nitrogens with zero attached hydrogens (tertiary/aromatic N) is 1. The van der Waals surface area contributed by atoms with Crippen molar-refractivity contribution in [2.45, 2.75) is 12.5 Å². The van der Waals surface area contributed by atoms with Crippen molar-refractivity contribution in [1.82, 2.24) is 0 Å². The summed E-state index contributed by atoms with van der Waals surface area (Å²) in [5.74, 6) is 0. The van der Waals surface area contributed by atoms with Gasteiger partial charge in [-0.3, -0.25) is 0 Å². The van der Waals surface area contributed by atoms with Crippen LogP contribution in [0.25, 0.3) is 0 Å². The second-order valence-electron chi connectivity index (χ2n) is 3.86. The Morgan fingerprint density at radius 2 is 2.06 bits per heavy atom. The minimum absolute atomic E-state index is 0.0913. The SMILES string of the molecule is Brc1ccc(C2=NO[C@H](c3cccs3)C2)cc1. The molecular formula is C13H10BrNOS. The number of hydrogen-bond donors (Lipinski definition) is 0. The molecule has 0 saturated carbocycles. The van der Waals surface area contributed by atoms with Crippen molar-refractivity contribution in [3.8, 4) is 0 Å². The lowest BCUT2D eigenvalue weighted by Gasteiger charge is -2.04. The molecule has 2 nitrogen and oxygen atoms in total. The van der Waals surface area contributed by atoms with Gasteiger partial charge < -0.3 is 4.84 Å². The van der Waals surface area contributed by atoms with Gasteiger partial charge in [0.05, 0.1) is 5.71 Å². The highest BCUT2D eigenvalue weighted by Crippen LogP contribution is 2.32. The van der Waals surface area contributed by atoms with Crippen LogP contribution in [0.4, 0.5) is 0 Å². The topological polar surface area (TPSA) is 21.6 Å². The lowest BCUT2D eigenvalue weighted by atomic mass is 10.0. The second-order valence-corrected chi connectivity index (χ2v) is 5.75. The van der Waals surface area contributed by atoms with Crippen molar-refractivity contribution in [2.75, 3.05) is 0 Å². The van der Waals surface area contributed by atoms with E-state index < -0.39 is 0 Å². The maximum absolute atomic E-state index is 5.48. The minimum Gasteiger partial charge on any atom is -0.386 e. The molecular weight excluding hydrogens is 298 g/mol. The first kappa shape index (κ1) is 11.0. The molecule has 0 aliphatic carbocycles. The van der Waals surface area contributed by atoms with E-state index >= 15 is 0 Å². The fraction of sp³-hybridized carbons (Fsp3) is 0.154. The van der Waals surface area contributed by atoms with Gasteiger partial charge in [0.2, 0.25) is 0 Å². The van der Waals surface area contributed by atoms with E-state index in [1.54, 1.807) is 11.3 Å². The van der Waals surface area contributed by atoms with Gasteiger partial charge in [0.1, 0.15) is 0 Å². The maximum atomic E-state index is 5.48. The van der Waals surface area contributed by atoms with E-state index in [0.29, 0.717) is 0 Å². The Labute approximate surface area is 112 Å². The smallest absolute Gasteiger partial charge is 0.167 e. The third-order valence-corrected chi connectivity index (χ3v) is 4.20. The van der Waals surface area contributed by atoms with Crippen LogP contribution in [0.1, 0.15) is 23.0 Å². The molecule has 3 rings (SSSR count). The molecule has 0 bridgehead atoms. The molecule has 4 heteroatoms. The summed E-state index contributed by atoms with van der Waals surface area (Å²) in [7, 11) is 0. The summed E-state index contributed by atoms with van der Waals surface area (Å²) >= 11 is 5.14. The first-order valence-electron chi connectivity index (χ1n) is 5.35. The summed E-state index contributed by atoms with van der Waals surface area (Å²) in [4.78, 5) is 6.72. The van der Waals surface area contributed by atoms with E-state index in [2.05, 4.69) is 44.7 Å². The number of oxime groups is 1. The minimum atomic E-state index is 0.0913. The summed E-state index contributed by atoms with van der Waals surface area (Å²) in [6.45, 7) is 0. The molecule has 1 aromatic heterocycles. The summed E-state index contributed by atoms with van der Waals surface area (Å²) < 4.78 is 1.08. The lowest BCUT2D eigenvalue weighted by molar-refractivity contribution is 0.0883. The van der Waals surface area contributed by atoms with Crippen LogP contribution in [-0.4, -0.2) is 5.71 Å². The Hall–Kier alpha value is -1.13. The highest BCUT2D eigenvalue weighted by atomic mass is 79.9. The van der Waals surface area contributed by atoms with Gasteiger partial charge in [-0.15, -0.1) is 11.3 Å². The van der Waals surface area contributed by atoms with E-state index in [-0.39, 0.29) is 6.10 Å². The zero-order valence-electron chi connectivity index (χ0n) is 8.97. The van der Waals surface area contributed by atoms with Crippen molar-refractivity contribution in [3.05, 3.63) is 56.7 Å². The number of hydrogen-bond acceptors (Lipinski definition) is 3. The largest absolute Gasteiger partial charge is 0.386 e. The Balaban J connectivity index is 1.77. The number of benzene rings is 1. The van der Waals surface area contributed by atoms with Crippen LogP contribution >= 0.6 is 27.3 Å². The molecule has 86 valence electrons. The highest BCUT2D eigenvalue weighted by molar-refractivity contribution is 9.10. The number of halogens is 1. The molecule has 2 heterocycles. The van der Waals surface area contributed by atoms with E-state index in [4.69, 9.17) is 4.84 Å². The van der Waals surface area contributed by atoms with Crippen molar-refractivity contribution in [1.29, 1.82) is 0 Å². The molecule has 17 heavy (non-hydrogen) atoms. The predicted molar refractivity (Wildman–Crippen MR) is 73.4 cm³/mol. The third kappa shape index (κ3) is 2.28. The van der Waals surface area contributed by atoms with Gasteiger partial charge >= 0.3 is 0 Å². The Morgan fingerprint density at radius 3 is 2.76 bits per heavy atom. The third-order valence-electron chi connectivity index (χ3n) is 2.71. The van der Waals surface area contributed by atoms with Crippen molar-refractivity contribution in [3.63, 3.8) is 0 Å². The van der Waals surface area contributed by atoms with Crippen molar-refractivity contribution in [2.24, 2.45) is 5.16 Å². The molecule has 1 aromatic carbocycles. The fourth-order valence-corrected chi connectivity index (χ4v) is 2.83. The zero-order chi connectivity index (χ0) is 11.7. The number of thiophene rings is 1. The van der Waals surface area contributed by atoms with Crippen LogP contribution in [0.15, 0.2) is 51.4 Å². The quantitative estimate of drug-likeness (QED) is 0.807. The van der Waals surface area contributed by atoms with Crippen molar-refractivity contribution < 1.29 is 4.84 Å². The first-order chi connectivity index (χ1) is 8.33. The van der Waals surface area contributed by atoms with Crippen LogP contribution in [-0.2, 0) is 4.84 Å². The average Bonchev–Trinajstić information content (AvgIpc) is 3.00. The van der Waals surface area contributed by atoms with Crippen LogP contribution in [0.2, 0.25) is 0 Å². The standard InChI is InChI=1S/C13H10BrNOS/c14-10-5-3-9(4-6-10)11-8-12(16-15-11)13-2-1-7-17-13/h1-7,12H,8H2/t12-/m0/s1. The normalized spacial score (nSPS) is 18.9. The maximum Gasteiger partial charge on any atom is 0.167 e. The summed E-state index contributed by atoms with van der Waals surface area (Å²) in [6, 6.07) is 12.3. The van der Waals surface area contributed by atoms with Crippen LogP contribution in [0.3, 0.4) is 0 Å². The lowest BCUT2D eigenvalue weighted by Crippen LogP contribution is -1.99. The fourth-order valence-electron chi connectivity index (χ4n) is 1.82. The van der Waals surface area contributed by atoms with Gasteiger partial charge in [-0.05, 0) is 29.1 Å². The summed E-state index contributed by atoms with van der Waals surface area (Å²) in [5, 5.41) is 6.25. The predicted octanol–water partition coefficient (Wildman–Crippen LogP) is 4.38. The van der Waals surface area contributed by atoms with E-state index in [1.807, 2.05) is 18.2 Å². The molecule has 0 unspecified atom stereocenters. The van der Waals surface area contributed by atoms with E-state index in [9.17, 15) is 0 Å². The van der Waals surface area contributed by atoms with Crippen LogP contribution < -0.4 is 0 Å². The summed E-state index contributed by atoms with van der Waals surface area (Å²) in [5.41, 5.74) is 2.16. The Bertz CT molecular complexity index is 533. The van der Waals surface area contributed by atoms with Gasteiger partial charge in [-0.2, -0.15) is 0 Å². The molecule has 0 amide bonds. The molecule has 0 radical (unpaired) electrons. The molecule has 0 spiro atoms. The Kier molecular flexibility index (Phi) is 2.99. The van der Waals surface area contributed by atoms with Crippen LogP contribution in [0, 0.1) is 0 Å². The molecule has 0 saturated heterocycles. The van der Waals surface area contributed by atoms with E-state index in [1.165, 1.54) is 4.88 Å². The van der Waals surface area contributed by atoms with Gasteiger partial charge in [0, 0.05) is 15.8 Å². The number of rotatable bonds is 2. The molecule has 1 aliphatic rings. The summed E-state index contributed by atoms with van der Waals surface area (Å²) in [6.07, 6.45) is 0.941.